The van der Waals surface area contributed by atoms with Crippen molar-refractivity contribution >= 4 is 34.4 Å². The lowest BCUT2D eigenvalue weighted by molar-refractivity contribution is -0.134. The van der Waals surface area contributed by atoms with E-state index in [1.807, 2.05) is 34.1 Å². The minimum atomic E-state index is 0.141. The lowest BCUT2D eigenvalue weighted by atomic mass is 9.94. The second kappa shape index (κ2) is 7.64. The van der Waals surface area contributed by atoms with Crippen molar-refractivity contribution in [3.63, 3.8) is 0 Å². The minimum Gasteiger partial charge on any atom is -0.342 e. The first-order valence-corrected chi connectivity index (χ1v) is 9.54. The van der Waals surface area contributed by atoms with Gasteiger partial charge in [-0.3, -0.25) is 9.59 Å². The zero-order valence-corrected chi connectivity index (χ0v) is 15.5. The molecule has 5 heteroatoms. The van der Waals surface area contributed by atoms with Crippen LogP contribution in [0, 0.1) is 9.49 Å². The molecule has 0 bridgehead atoms. The molecule has 2 aliphatic heterocycles. The maximum Gasteiger partial charge on any atom is 0.254 e. The van der Waals surface area contributed by atoms with E-state index in [1.54, 1.807) is 0 Å². The summed E-state index contributed by atoms with van der Waals surface area (Å²) in [5, 5.41) is 0. The summed E-state index contributed by atoms with van der Waals surface area (Å²) in [6.45, 7) is 3.40. The Morgan fingerprint density at radius 3 is 2.57 bits per heavy atom. The summed E-state index contributed by atoms with van der Waals surface area (Å²) < 4.78 is 1.01. The van der Waals surface area contributed by atoms with Gasteiger partial charge in [0.2, 0.25) is 5.91 Å². The van der Waals surface area contributed by atoms with Crippen LogP contribution >= 0.6 is 22.6 Å². The fourth-order valence-corrected chi connectivity index (χ4v) is 4.11. The van der Waals surface area contributed by atoms with Crippen molar-refractivity contribution in [3.8, 4) is 0 Å². The lowest BCUT2D eigenvalue weighted by Gasteiger charge is -2.36. The van der Waals surface area contributed by atoms with Crippen LogP contribution in [-0.4, -0.2) is 47.8 Å². The van der Waals surface area contributed by atoms with Crippen molar-refractivity contribution in [2.24, 2.45) is 5.92 Å². The van der Waals surface area contributed by atoms with Gasteiger partial charge >= 0.3 is 0 Å². The summed E-state index contributed by atoms with van der Waals surface area (Å²) >= 11 is 2.22. The molecule has 0 unspecified atom stereocenters. The van der Waals surface area contributed by atoms with Gasteiger partial charge in [-0.2, -0.15) is 0 Å². The van der Waals surface area contributed by atoms with Crippen LogP contribution < -0.4 is 0 Å². The average Bonchev–Trinajstić information content (AvgIpc) is 2.57. The molecule has 0 saturated carbocycles. The topological polar surface area (TPSA) is 40.6 Å². The number of nitrogens with zero attached hydrogens (tertiary/aromatic N) is 2. The predicted octanol–water partition coefficient (Wildman–Crippen LogP) is 3.16. The average molecular weight is 426 g/mol. The third-order valence-corrected chi connectivity index (χ3v) is 5.85. The number of hydrogen-bond donors (Lipinski definition) is 0. The number of piperidine rings is 2. The van der Waals surface area contributed by atoms with Gasteiger partial charge in [-0.25, -0.2) is 0 Å². The first-order valence-electron chi connectivity index (χ1n) is 8.47. The van der Waals surface area contributed by atoms with Crippen LogP contribution in [0.5, 0.6) is 0 Å². The zero-order valence-electron chi connectivity index (χ0n) is 13.3. The largest absolute Gasteiger partial charge is 0.342 e. The normalized spacial score (nSPS) is 20.0. The Hall–Kier alpha value is -1.11. The quantitative estimate of drug-likeness (QED) is 0.697. The van der Waals surface area contributed by atoms with Crippen LogP contribution in [0.4, 0.5) is 0 Å². The molecule has 1 aromatic rings. The fourth-order valence-electron chi connectivity index (χ4n) is 3.49. The van der Waals surface area contributed by atoms with Gasteiger partial charge in [-0.05, 0) is 66.3 Å². The van der Waals surface area contributed by atoms with Crippen molar-refractivity contribution in [1.29, 1.82) is 0 Å². The zero-order chi connectivity index (χ0) is 16.2. The summed E-state index contributed by atoms with van der Waals surface area (Å²) in [4.78, 5) is 28.5. The molecule has 0 radical (unpaired) electrons. The Labute approximate surface area is 151 Å². The molecule has 2 fully saturated rings. The number of rotatable bonds is 3. The lowest BCUT2D eigenvalue weighted by Crippen LogP contribution is -2.44. The molecule has 0 atom stereocenters. The van der Waals surface area contributed by atoms with E-state index in [2.05, 4.69) is 22.6 Å². The maximum atomic E-state index is 12.6. The van der Waals surface area contributed by atoms with Crippen LogP contribution in [0.1, 0.15) is 42.5 Å². The SMILES string of the molecule is O=C1CCCCN1CC1CCN(C(=O)c2ccccc2I)CC1. The van der Waals surface area contributed by atoms with E-state index >= 15 is 0 Å². The Bertz CT molecular complexity index is 582. The van der Waals surface area contributed by atoms with Crippen molar-refractivity contribution in [1.82, 2.24) is 9.80 Å². The molecule has 2 amide bonds. The van der Waals surface area contributed by atoms with Gasteiger partial charge in [-0.15, -0.1) is 0 Å². The molecular weight excluding hydrogens is 403 g/mol. The smallest absolute Gasteiger partial charge is 0.254 e. The monoisotopic (exact) mass is 426 g/mol. The number of carbonyl (C=O) groups excluding carboxylic acids is 2. The van der Waals surface area contributed by atoms with Crippen LogP contribution in [0.3, 0.4) is 0 Å². The summed E-state index contributed by atoms with van der Waals surface area (Å²) in [5.41, 5.74) is 0.803. The standard InChI is InChI=1S/C18H23IN2O2/c19-16-6-2-1-5-15(16)18(23)20-11-8-14(9-12-20)13-21-10-4-3-7-17(21)22/h1-2,5-6,14H,3-4,7-13H2. The van der Waals surface area contributed by atoms with E-state index in [-0.39, 0.29) is 5.91 Å². The molecule has 0 aromatic heterocycles. The summed E-state index contributed by atoms with van der Waals surface area (Å²) in [7, 11) is 0. The van der Waals surface area contributed by atoms with E-state index in [9.17, 15) is 9.59 Å². The third kappa shape index (κ3) is 4.05. The number of benzene rings is 1. The van der Waals surface area contributed by atoms with Crippen molar-refractivity contribution < 1.29 is 9.59 Å². The molecule has 0 N–H and O–H groups in total. The van der Waals surface area contributed by atoms with Crippen LogP contribution in [-0.2, 0) is 4.79 Å². The molecule has 3 rings (SSSR count). The van der Waals surface area contributed by atoms with Gasteiger partial charge in [0.25, 0.3) is 5.91 Å². The van der Waals surface area contributed by atoms with Crippen molar-refractivity contribution in [2.75, 3.05) is 26.2 Å². The number of amides is 2. The van der Waals surface area contributed by atoms with Gasteiger partial charge in [0.15, 0.2) is 0 Å². The van der Waals surface area contributed by atoms with Gasteiger partial charge < -0.3 is 9.80 Å². The maximum absolute atomic E-state index is 12.6. The predicted molar refractivity (Wildman–Crippen MR) is 98.2 cm³/mol. The van der Waals surface area contributed by atoms with E-state index in [1.165, 1.54) is 0 Å². The van der Waals surface area contributed by atoms with Gasteiger partial charge in [-0.1, -0.05) is 12.1 Å². The number of likely N-dealkylation sites (tertiary alicyclic amines) is 2. The Morgan fingerprint density at radius 2 is 1.87 bits per heavy atom. The molecule has 2 aliphatic rings. The molecule has 2 heterocycles. The highest BCUT2D eigenvalue weighted by Gasteiger charge is 2.27. The first kappa shape index (κ1) is 16.7. The summed E-state index contributed by atoms with van der Waals surface area (Å²) in [6, 6.07) is 7.76. The van der Waals surface area contributed by atoms with Gasteiger partial charge in [0.1, 0.15) is 0 Å². The second-order valence-corrected chi connectivity index (χ2v) is 7.67. The third-order valence-electron chi connectivity index (χ3n) is 4.91. The van der Waals surface area contributed by atoms with E-state index < -0.39 is 0 Å². The summed E-state index contributed by atoms with van der Waals surface area (Å²) in [6.07, 6.45) is 4.88. The molecule has 124 valence electrons. The highest BCUT2D eigenvalue weighted by Crippen LogP contribution is 2.23. The molecule has 0 aliphatic carbocycles. The van der Waals surface area contributed by atoms with Crippen LogP contribution in [0.25, 0.3) is 0 Å². The number of carbonyl (C=O) groups is 2. The molecule has 2 saturated heterocycles. The Kier molecular flexibility index (Phi) is 5.56. The highest BCUT2D eigenvalue weighted by atomic mass is 127. The number of halogens is 1. The minimum absolute atomic E-state index is 0.141. The van der Waals surface area contributed by atoms with Crippen molar-refractivity contribution in [3.05, 3.63) is 33.4 Å². The second-order valence-electron chi connectivity index (χ2n) is 6.51. The van der Waals surface area contributed by atoms with Crippen LogP contribution in [0.15, 0.2) is 24.3 Å². The summed E-state index contributed by atoms with van der Waals surface area (Å²) in [5.74, 6) is 0.993. The Morgan fingerprint density at radius 1 is 1.13 bits per heavy atom. The highest BCUT2D eigenvalue weighted by molar-refractivity contribution is 14.1. The molecule has 23 heavy (non-hydrogen) atoms. The fraction of sp³-hybridized carbons (Fsp3) is 0.556. The van der Waals surface area contributed by atoms with E-state index in [0.29, 0.717) is 18.2 Å². The van der Waals surface area contributed by atoms with E-state index in [0.717, 1.165) is 61.0 Å². The molecule has 0 spiro atoms. The van der Waals surface area contributed by atoms with E-state index in [4.69, 9.17) is 0 Å². The molecule has 1 aromatic carbocycles. The molecule has 4 nitrogen and oxygen atoms in total. The van der Waals surface area contributed by atoms with Crippen LogP contribution in [0.2, 0.25) is 0 Å². The Balaban J connectivity index is 1.53. The van der Waals surface area contributed by atoms with Gasteiger partial charge in [0, 0.05) is 36.2 Å². The van der Waals surface area contributed by atoms with Gasteiger partial charge in [0.05, 0.1) is 5.56 Å². The first-order chi connectivity index (χ1) is 11.1. The van der Waals surface area contributed by atoms with Crippen molar-refractivity contribution in [2.45, 2.75) is 32.1 Å². The number of hydrogen-bond acceptors (Lipinski definition) is 2. The molecular formula is C18H23IN2O2.